The summed E-state index contributed by atoms with van der Waals surface area (Å²) in [4.78, 5) is 7.68. The van der Waals surface area contributed by atoms with Crippen molar-refractivity contribution < 1.29 is 4.39 Å². The second kappa shape index (κ2) is 4.78. The molecule has 0 bridgehead atoms. The molecular weight excluding hydrogens is 219 g/mol. The maximum atomic E-state index is 12.6. The van der Waals surface area contributed by atoms with Crippen LogP contribution in [0.5, 0.6) is 0 Å². The van der Waals surface area contributed by atoms with E-state index in [2.05, 4.69) is 15.3 Å². The topological polar surface area (TPSA) is 63.8 Å². The van der Waals surface area contributed by atoms with Gasteiger partial charge < -0.3 is 11.1 Å². The van der Waals surface area contributed by atoms with Gasteiger partial charge in [0.1, 0.15) is 0 Å². The van der Waals surface area contributed by atoms with Crippen molar-refractivity contribution >= 4 is 11.6 Å². The lowest BCUT2D eigenvalue weighted by Crippen LogP contribution is -2.09. The van der Waals surface area contributed by atoms with Crippen molar-refractivity contribution in [2.45, 2.75) is 13.0 Å². The third-order valence-electron chi connectivity index (χ3n) is 2.40. The molecule has 5 heteroatoms. The quantitative estimate of drug-likeness (QED) is 0.797. The smallest absolute Gasteiger partial charge is 0.223 e. The van der Waals surface area contributed by atoms with E-state index >= 15 is 0 Å². The van der Waals surface area contributed by atoms with Crippen LogP contribution in [0.2, 0.25) is 0 Å². The Morgan fingerprint density at radius 1 is 1.18 bits per heavy atom. The number of nitrogens with two attached hydrogens (primary N) is 1. The average molecular weight is 232 g/mol. The van der Waals surface area contributed by atoms with Crippen molar-refractivity contribution in [1.29, 1.82) is 0 Å². The Bertz CT molecular complexity index is 481. The van der Waals surface area contributed by atoms with Crippen LogP contribution in [0, 0.1) is 5.82 Å². The number of nitrogen functional groups attached to an aromatic ring is 1. The van der Waals surface area contributed by atoms with Gasteiger partial charge >= 0.3 is 0 Å². The Morgan fingerprint density at radius 3 is 2.35 bits per heavy atom. The van der Waals surface area contributed by atoms with Gasteiger partial charge in [0, 0.05) is 5.69 Å². The highest BCUT2D eigenvalue weighted by Gasteiger charge is 2.06. The van der Waals surface area contributed by atoms with Gasteiger partial charge in [-0.2, -0.15) is 0 Å². The van der Waals surface area contributed by atoms with E-state index in [0.717, 1.165) is 23.6 Å². The first-order chi connectivity index (χ1) is 8.15. The highest BCUT2D eigenvalue weighted by Crippen LogP contribution is 2.17. The van der Waals surface area contributed by atoms with Crippen LogP contribution < -0.4 is 11.1 Å². The van der Waals surface area contributed by atoms with Crippen LogP contribution in [-0.2, 0) is 0 Å². The molecule has 0 aliphatic carbocycles. The fraction of sp³-hybridized carbons (Fsp3) is 0.167. The van der Waals surface area contributed by atoms with Crippen molar-refractivity contribution in [3.05, 3.63) is 48.0 Å². The van der Waals surface area contributed by atoms with Gasteiger partial charge in [-0.15, -0.1) is 0 Å². The van der Waals surface area contributed by atoms with E-state index in [-0.39, 0.29) is 6.04 Å². The summed E-state index contributed by atoms with van der Waals surface area (Å²) >= 11 is 0. The lowest BCUT2D eigenvalue weighted by molar-refractivity contribution is 0.613. The number of rotatable bonds is 3. The molecule has 17 heavy (non-hydrogen) atoms. The number of halogens is 1. The fourth-order valence-corrected chi connectivity index (χ4v) is 1.45. The number of nitrogens with one attached hydrogen (secondary N) is 1. The maximum Gasteiger partial charge on any atom is 0.223 e. The normalized spacial score (nSPS) is 12.1. The lowest BCUT2D eigenvalue weighted by Gasteiger charge is -2.14. The van der Waals surface area contributed by atoms with Crippen molar-refractivity contribution in [3.8, 4) is 0 Å². The number of benzene rings is 1. The molecule has 88 valence electrons. The van der Waals surface area contributed by atoms with E-state index in [4.69, 9.17) is 5.73 Å². The summed E-state index contributed by atoms with van der Waals surface area (Å²) in [6.07, 6.45) is 2.26. The Kier molecular flexibility index (Phi) is 3.18. The highest BCUT2D eigenvalue weighted by molar-refractivity contribution is 5.41. The zero-order chi connectivity index (χ0) is 12.3. The largest absolute Gasteiger partial charge is 0.399 e. The Hall–Kier alpha value is -2.17. The molecule has 1 atom stereocenters. The van der Waals surface area contributed by atoms with E-state index in [1.807, 2.05) is 31.2 Å². The van der Waals surface area contributed by atoms with E-state index < -0.39 is 5.82 Å². The summed E-state index contributed by atoms with van der Waals surface area (Å²) in [5.74, 6) is -0.0496. The predicted octanol–water partition coefficient (Wildman–Crippen LogP) is 2.37. The standard InChI is InChI=1S/C12H13FN4/c1-8(9-2-4-11(14)5-3-9)17-12-15-6-10(13)7-16-12/h2-8H,14H2,1H3,(H,15,16,17). The molecule has 0 saturated heterocycles. The van der Waals surface area contributed by atoms with E-state index in [1.54, 1.807) is 0 Å². The Morgan fingerprint density at radius 2 is 1.76 bits per heavy atom. The molecule has 2 rings (SSSR count). The first kappa shape index (κ1) is 11.3. The molecule has 1 heterocycles. The molecule has 0 saturated carbocycles. The van der Waals surface area contributed by atoms with Crippen LogP contribution in [0.1, 0.15) is 18.5 Å². The second-order valence-corrected chi connectivity index (χ2v) is 3.76. The molecule has 0 amide bonds. The third-order valence-corrected chi connectivity index (χ3v) is 2.40. The number of aromatic nitrogens is 2. The molecule has 0 radical (unpaired) electrons. The Balaban J connectivity index is 2.08. The van der Waals surface area contributed by atoms with Crippen LogP contribution >= 0.6 is 0 Å². The summed E-state index contributed by atoms with van der Waals surface area (Å²) in [5.41, 5.74) is 7.39. The van der Waals surface area contributed by atoms with Gasteiger partial charge in [0.2, 0.25) is 5.95 Å². The molecule has 3 N–H and O–H groups in total. The monoisotopic (exact) mass is 232 g/mol. The summed E-state index contributed by atoms with van der Waals surface area (Å²) < 4.78 is 12.6. The molecule has 4 nitrogen and oxygen atoms in total. The summed E-state index contributed by atoms with van der Waals surface area (Å²) in [6.45, 7) is 1.97. The van der Waals surface area contributed by atoms with Crippen LogP contribution in [-0.4, -0.2) is 9.97 Å². The molecule has 1 unspecified atom stereocenters. The Labute approximate surface area is 98.7 Å². The second-order valence-electron chi connectivity index (χ2n) is 3.76. The van der Waals surface area contributed by atoms with Crippen molar-refractivity contribution in [2.75, 3.05) is 11.1 Å². The molecule has 2 aromatic rings. The SMILES string of the molecule is CC(Nc1ncc(F)cn1)c1ccc(N)cc1. The molecule has 1 aromatic heterocycles. The van der Waals surface area contributed by atoms with Gasteiger partial charge in [-0.1, -0.05) is 12.1 Å². The molecule has 1 aromatic carbocycles. The molecule has 0 aliphatic rings. The van der Waals surface area contributed by atoms with E-state index in [9.17, 15) is 4.39 Å². The number of anilines is 2. The summed E-state index contributed by atoms with van der Waals surface area (Å²) in [5, 5.41) is 3.08. The zero-order valence-electron chi connectivity index (χ0n) is 9.39. The molecule has 0 spiro atoms. The van der Waals surface area contributed by atoms with Gasteiger partial charge in [-0.05, 0) is 24.6 Å². The van der Waals surface area contributed by atoms with Crippen LogP contribution in [0.25, 0.3) is 0 Å². The predicted molar refractivity (Wildman–Crippen MR) is 64.9 cm³/mol. The molecule has 0 fully saturated rings. The summed E-state index contributed by atoms with van der Waals surface area (Å²) in [7, 11) is 0. The third kappa shape index (κ3) is 2.90. The van der Waals surface area contributed by atoms with Gasteiger partial charge in [-0.25, -0.2) is 14.4 Å². The van der Waals surface area contributed by atoms with Crippen molar-refractivity contribution in [3.63, 3.8) is 0 Å². The highest BCUT2D eigenvalue weighted by atomic mass is 19.1. The first-order valence-electron chi connectivity index (χ1n) is 5.24. The fourth-order valence-electron chi connectivity index (χ4n) is 1.45. The van der Waals surface area contributed by atoms with Crippen LogP contribution in [0.3, 0.4) is 0 Å². The van der Waals surface area contributed by atoms with Gasteiger partial charge in [0.05, 0.1) is 18.4 Å². The van der Waals surface area contributed by atoms with Crippen molar-refractivity contribution in [2.24, 2.45) is 0 Å². The zero-order valence-corrected chi connectivity index (χ0v) is 9.39. The van der Waals surface area contributed by atoms with E-state index in [0.29, 0.717) is 5.95 Å². The molecule has 0 aliphatic heterocycles. The lowest BCUT2D eigenvalue weighted by atomic mass is 10.1. The van der Waals surface area contributed by atoms with Gasteiger partial charge in [0.25, 0.3) is 0 Å². The van der Waals surface area contributed by atoms with E-state index in [1.165, 1.54) is 0 Å². The molecular formula is C12H13FN4. The minimum Gasteiger partial charge on any atom is -0.399 e. The average Bonchev–Trinajstić information content (AvgIpc) is 2.33. The summed E-state index contributed by atoms with van der Waals surface area (Å²) in [6, 6.07) is 7.55. The number of nitrogens with zero attached hydrogens (tertiary/aromatic N) is 2. The van der Waals surface area contributed by atoms with Crippen molar-refractivity contribution in [1.82, 2.24) is 9.97 Å². The van der Waals surface area contributed by atoms with Gasteiger partial charge in [-0.3, -0.25) is 0 Å². The minimum absolute atomic E-state index is 0.0288. The van der Waals surface area contributed by atoms with Crippen LogP contribution in [0.4, 0.5) is 16.0 Å². The van der Waals surface area contributed by atoms with Crippen LogP contribution in [0.15, 0.2) is 36.7 Å². The number of hydrogen-bond acceptors (Lipinski definition) is 4. The van der Waals surface area contributed by atoms with Gasteiger partial charge in [0.15, 0.2) is 5.82 Å². The number of hydrogen-bond donors (Lipinski definition) is 2. The first-order valence-corrected chi connectivity index (χ1v) is 5.24. The maximum absolute atomic E-state index is 12.6. The minimum atomic E-state index is -0.448.